The Bertz CT molecular complexity index is 369. The van der Waals surface area contributed by atoms with Crippen molar-refractivity contribution in [2.75, 3.05) is 11.4 Å². The maximum atomic E-state index is 6.05. The molecule has 0 amide bonds. The minimum absolute atomic E-state index is 0.356. The second-order valence-electron chi connectivity index (χ2n) is 4.54. The largest absolute Gasteiger partial charge is 0.354 e. The summed E-state index contributed by atoms with van der Waals surface area (Å²) in [6.45, 7) is 7.66. The Morgan fingerprint density at radius 2 is 2.06 bits per heavy atom. The topological polar surface area (TPSA) is 16.1 Å². The summed E-state index contributed by atoms with van der Waals surface area (Å²) in [7, 11) is 0. The number of rotatable bonds is 7. The number of nitrogens with zero attached hydrogens (tertiary/aromatic N) is 2. The molecule has 0 aromatic carbocycles. The lowest BCUT2D eigenvalue weighted by Crippen LogP contribution is -2.34. The molecule has 1 heterocycles. The van der Waals surface area contributed by atoms with Crippen LogP contribution in [0.4, 0.5) is 5.82 Å². The minimum Gasteiger partial charge on any atom is -0.354 e. The molecule has 1 rings (SSSR count). The number of aromatic nitrogens is 1. The molecule has 0 fully saturated rings. The predicted molar refractivity (Wildman–Crippen MR) is 80.8 cm³/mol. The first kappa shape index (κ1) is 15.6. The maximum absolute atomic E-state index is 6.05. The average Bonchev–Trinajstić information content (AvgIpc) is 2.40. The SMILES string of the molecule is CCCCN(c1ccc(Cl)c(CCl)n1)C(C)CC. The summed E-state index contributed by atoms with van der Waals surface area (Å²) in [6, 6.07) is 4.36. The van der Waals surface area contributed by atoms with E-state index in [-0.39, 0.29) is 0 Å². The zero-order valence-electron chi connectivity index (χ0n) is 11.4. The Morgan fingerprint density at radius 3 is 2.61 bits per heavy atom. The summed E-state index contributed by atoms with van der Waals surface area (Å²) in [4.78, 5) is 6.92. The van der Waals surface area contributed by atoms with Gasteiger partial charge in [-0.15, -0.1) is 11.6 Å². The summed E-state index contributed by atoms with van der Waals surface area (Å²) in [5.41, 5.74) is 0.764. The van der Waals surface area contributed by atoms with Gasteiger partial charge in [-0.3, -0.25) is 0 Å². The Balaban J connectivity index is 2.96. The van der Waals surface area contributed by atoms with Gasteiger partial charge in [0.1, 0.15) is 5.82 Å². The molecule has 0 spiro atoms. The molecule has 0 N–H and O–H groups in total. The fourth-order valence-corrected chi connectivity index (χ4v) is 2.28. The Hall–Kier alpha value is -0.470. The third-order valence-electron chi connectivity index (χ3n) is 3.20. The van der Waals surface area contributed by atoms with E-state index in [0.717, 1.165) is 24.5 Å². The number of unbranched alkanes of at least 4 members (excludes halogenated alkanes) is 1. The molecule has 1 aromatic heterocycles. The van der Waals surface area contributed by atoms with Crippen molar-refractivity contribution in [1.82, 2.24) is 4.98 Å². The number of hydrogen-bond acceptors (Lipinski definition) is 2. The number of alkyl halides is 1. The summed E-state index contributed by atoms with van der Waals surface area (Å²) >= 11 is 11.9. The summed E-state index contributed by atoms with van der Waals surface area (Å²) < 4.78 is 0. The fraction of sp³-hybridized carbons (Fsp3) is 0.643. The zero-order valence-corrected chi connectivity index (χ0v) is 12.9. The van der Waals surface area contributed by atoms with Crippen LogP contribution < -0.4 is 4.90 Å². The van der Waals surface area contributed by atoms with E-state index >= 15 is 0 Å². The van der Waals surface area contributed by atoms with Crippen molar-refractivity contribution in [3.63, 3.8) is 0 Å². The smallest absolute Gasteiger partial charge is 0.129 e. The molecule has 102 valence electrons. The van der Waals surface area contributed by atoms with E-state index in [1.165, 1.54) is 12.8 Å². The van der Waals surface area contributed by atoms with Crippen LogP contribution in [0.3, 0.4) is 0 Å². The molecule has 1 atom stereocenters. The van der Waals surface area contributed by atoms with Gasteiger partial charge in [0.25, 0.3) is 0 Å². The predicted octanol–water partition coefficient (Wildman–Crippen LogP) is 4.88. The van der Waals surface area contributed by atoms with Crippen LogP contribution in [0.25, 0.3) is 0 Å². The highest BCUT2D eigenvalue weighted by Crippen LogP contribution is 2.23. The van der Waals surface area contributed by atoms with Crippen LogP contribution in [0, 0.1) is 0 Å². The third-order valence-corrected chi connectivity index (χ3v) is 3.80. The van der Waals surface area contributed by atoms with Gasteiger partial charge in [-0.2, -0.15) is 0 Å². The number of halogens is 2. The van der Waals surface area contributed by atoms with E-state index < -0.39 is 0 Å². The highest BCUT2D eigenvalue weighted by molar-refractivity contribution is 6.32. The van der Waals surface area contributed by atoms with Gasteiger partial charge in [-0.1, -0.05) is 31.9 Å². The molecular formula is C14H22Cl2N2. The molecule has 2 nitrogen and oxygen atoms in total. The van der Waals surface area contributed by atoms with Crippen LogP contribution in [-0.2, 0) is 5.88 Å². The van der Waals surface area contributed by atoms with E-state index in [0.29, 0.717) is 16.9 Å². The zero-order chi connectivity index (χ0) is 13.5. The lowest BCUT2D eigenvalue weighted by Gasteiger charge is -2.30. The molecule has 18 heavy (non-hydrogen) atoms. The lowest BCUT2D eigenvalue weighted by atomic mass is 10.2. The molecule has 0 aliphatic rings. The summed E-state index contributed by atoms with van der Waals surface area (Å²) in [5.74, 6) is 1.34. The molecule has 0 saturated carbocycles. The van der Waals surface area contributed by atoms with Crippen molar-refractivity contribution < 1.29 is 0 Å². The van der Waals surface area contributed by atoms with Gasteiger partial charge in [0.05, 0.1) is 16.6 Å². The third kappa shape index (κ3) is 4.03. The van der Waals surface area contributed by atoms with Crippen molar-refractivity contribution in [1.29, 1.82) is 0 Å². The van der Waals surface area contributed by atoms with E-state index in [9.17, 15) is 0 Å². The molecule has 0 saturated heterocycles. The Morgan fingerprint density at radius 1 is 1.33 bits per heavy atom. The first-order valence-electron chi connectivity index (χ1n) is 6.62. The van der Waals surface area contributed by atoms with E-state index in [1.807, 2.05) is 12.1 Å². The highest BCUT2D eigenvalue weighted by Gasteiger charge is 2.15. The second kappa shape index (κ2) is 7.85. The monoisotopic (exact) mass is 288 g/mol. The average molecular weight is 289 g/mol. The molecule has 0 aliphatic heterocycles. The van der Waals surface area contributed by atoms with Crippen LogP contribution in [0.2, 0.25) is 5.02 Å². The molecule has 0 bridgehead atoms. The maximum Gasteiger partial charge on any atom is 0.129 e. The first-order valence-corrected chi connectivity index (χ1v) is 7.53. The van der Waals surface area contributed by atoms with Crippen LogP contribution in [0.5, 0.6) is 0 Å². The number of pyridine rings is 1. The van der Waals surface area contributed by atoms with Gasteiger partial charge in [0.15, 0.2) is 0 Å². The molecule has 1 aromatic rings. The van der Waals surface area contributed by atoms with Gasteiger partial charge < -0.3 is 4.90 Å². The van der Waals surface area contributed by atoms with Crippen LogP contribution in [-0.4, -0.2) is 17.6 Å². The van der Waals surface area contributed by atoms with Crippen molar-refractivity contribution >= 4 is 29.0 Å². The van der Waals surface area contributed by atoms with Gasteiger partial charge in [0, 0.05) is 12.6 Å². The quantitative estimate of drug-likeness (QED) is 0.665. The van der Waals surface area contributed by atoms with Gasteiger partial charge in [0.2, 0.25) is 0 Å². The fourth-order valence-electron chi connectivity index (χ4n) is 1.84. The second-order valence-corrected chi connectivity index (χ2v) is 5.21. The van der Waals surface area contributed by atoms with Gasteiger partial charge in [-0.25, -0.2) is 4.98 Å². The standard InChI is InChI=1S/C14H22Cl2N2/c1-4-6-9-18(11(3)5-2)14-8-7-12(16)13(10-15)17-14/h7-8,11H,4-6,9-10H2,1-3H3. The van der Waals surface area contributed by atoms with Crippen molar-refractivity contribution in [2.45, 2.75) is 52.0 Å². The number of anilines is 1. The van der Waals surface area contributed by atoms with Gasteiger partial charge >= 0.3 is 0 Å². The van der Waals surface area contributed by atoms with Gasteiger partial charge in [-0.05, 0) is 31.9 Å². The number of hydrogen-bond donors (Lipinski definition) is 0. The Labute approximate surface area is 120 Å². The van der Waals surface area contributed by atoms with Crippen LogP contribution >= 0.6 is 23.2 Å². The lowest BCUT2D eigenvalue weighted by molar-refractivity contribution is 0.589. The molecule has 4 heteroatoms. The van der Waals surface area contributed by atoms with Crippen molar-refractivity contribution in [3.8, 4) is 0 Å². The van der Waals surface area contributed by atoms with Crippen molar-refractivity contribution in [3.05, 3.63) is 22.8 Å². The van der Waals surface area contributed by atoms with Crippen LogP contribution in [0.15, 0.2) is 12.1 Å². The Kier molecular flexibility index (Phi) is 6.80. The van der Waals surface area contributed by atoms with E-state index in [4.69, 9.17) is 23.2 Å². The van der Waals surface area contributed by atoms with E-state index in [1.54, 1.807) is 0 Å². The molecular weight excluding hydrogens is 267 g/mol. The highest BCUT2D eigenvalue weighted by atomic mass is 35.5. The molecule has 0 aliphatic carbocycles. The normalized spacial score (nSPS) is 12.5. The summed E-state index contributed by atoms with van der Waals surface area (Å²) in [6.07, 6.45) is 3.46. The molecule has 1 unspecified atom stereocenters. The molecule has 0 radical (unpaired) electrons. The minimum atomic E-state index is 0.356. The van der Waals surface area contributed by atoms with E-state index in [2.05, 4.69) is 30.7 Å². The van der Waals surface area contributed by atoms with Crippen molar-refractivity contribution in [2.24, 2.45) is 0 Å². The van der Waals surface area contributed by atoms with Crippen LogP contribution in [0.1, 0.15) is 45.7 Å². The summed E-state index contributed by atoms with van der Waals surface area (Å²) in [5, 5.41) is 0.647. The first-order chi connectivity index (χ1) is 8.63.